The van der Waals surface area contributed by atoms with Gasteiger partial charge in [-0.3, -0.25) is 4.99 Å². The fourth-order valence-corrected chi connectivity index (χ4v) is 2.74. The zero-order chi connectivity index (χ0) is 11.1. The standard InChI is InChI=1S/C13H22N2/c1-3-7-12(10-15-4-2)13(11-14)8-5-6-9-13/h4,12H,3,5-10H2,1-2H3/b15-4-. The average Bonchev–Trinajstić information content (AvgIpc) is 2.74. The van der Waals surface area contributed by atoms with Gasteiger partial charge in [-0.1, -0.05) is 26.2 Å². The minimum absolute atomic E-state index is 0.0531. The van der Waals surface area contributed by atoms with Crippen molar-refractivity contribution in [1.29, 1.82) is 5.26 Å². The van der Waals surface area contributed by atoms with E-state index in [1.807, 2.05) is 13.1 Å². The lowest BCUT2D eigenvalue weighted by Gasteiger charge is -2.30. The van der Waals surface area contributed by atoms with Crippen LogP contribution < -0.4 is 0 Å². The Labute approximate surface area is 93.4 Å². The van der Waals surface area contributed by atoms with Gasteiger partial charge in [-0.2, -0.15) is 5.26 Å². The lowest BCUT2D eigenvalue weighted by molar-refractivity contribution is 0.236. The highest BCUT2D eigenvalue weighted by atomic mass is 14.7. The number of aliphatic imine (C=N–C) groups is 1. The first-order valence-corrected chi connectivity index (χ1v) is 6.14. The summed E-state index contributed by atoms with van der Waals surface area (Å²) in [5.74, 6) is 0.478. The van der Waals surface area contributed by atoms with E-state index in [4.69, 9.17) is 0 Å². The number of hydrogen-bond donors (Lipinski definition) is 0. The summed E-state index contributed by atoms with van der Waals surface area (Å²) in [6.07, 6.45) is 8.80. The highest BCUT2D eigenvalue weighted by Gasteiger charge is 2.40. The predicted octanol–water partition coefficient (Wildman–Crippen LogP) is 3.58. The summed E-state index contributed by atoms with van der Waals surface area (Å²) in [5, 5.41) is 9.41. The van der Waals surface area contributed by atoms with E-state index in [1.165, 1.54) is 12.8 Å². The van der Waals surface area contributed by atoms with E-state index in [0.717, 1.165) is 32.2 Å². The van der Waals surface area contributed by atoms with Crippen molar-refractivity contribution in [3.8, 4) is 6.07 Å². The molecule has 15 heavy (non-hydrogen) atoms. The molecular weight excluding hydrogens is 184 g/mol. The lowest BCUT2D eigenvalue weighted by atomic mass is 9.73. The summed E-state index contributed by atoms with van der Waals surface area (Å²) in [5.41, 5.74) is -0.0531. The zero-order valence-electron chi connectivity index (χ0n) is 10.00. The molecule has 0 amide bonds. The van der Waals surface area contributed by atoms with Gasteiger partial charge >= 0.3 is 0 Å². The minimum atomic E-state index is -0.0531. The van der Waals surface area contributed by atoms with E-state index in [1.54, 1.807) is 0 Å². The Morgan fingerprint density at radius 1 is 1.47 bits per heavy atom. The third kappa shape index (κ3) is 2.81. The molecule has 0 radical (unpaired) electrons. The SMILES string of the molecule is C/C=N\CC(CCC)C1(C#N)CCCC1. The summed E-state index contributed by atoms with van der Waals surface area (Å²) in [7, 11) is 0. The van der Waals surface area contributed by atoms with Gasteiger partial charge in [0.25, 0.3) is 0 Å². The van der Waals surface area contributed by atoms with Crippen LogP contribution in [0.25, 0.3) is 0 Å². The normalized spacial score (nSPS) is 21.7. The molecule has 0 aromatic carbocycles. The van der Waals surface area contributed by atoms with Crippen LogP contribution in [-0.4, -0.2) is 12.8 Å². The maximum absolute atomic E-state index is 9.41. The van der Waals surface area contributed by atoms with Crippen LogP contribution >= 0.6 is 0 Å². The summed E-state index contributed by atoms with van der Waals surface area (Å²) in [6, 6.07) is 2.60. The van der Waals surface area contributed by atoms with Crippen LogP contribution in [0.4, 0.5) is 0 Å². The van der Waals surface area contributed by atoms with Crippen LogP contribution in [0.1, 0.15) is 52.4 Å². The topological polar surface area (TPSA) is 36.1 Å². The maximum Gasteiger partial charge on any atom is 0.0693 e. The molecule has 0 heterocycles. The molecule has 2 nitrogen and oxygen atoms in total. The fourth-order valence-electron chi connectivity index (χ4n) is 2.74. The van der Waals surface area contributed by atoms with Gasteiger partial charge in [0.15, 0.2) is 0 Å². The maximum atomic E-state index is 9.41. The molecule has 1 aliphatic rings. The molecule has 0 spiro atoms. The zero-order valence-corrected chi connectivity index (χ0v) is 10.00. The van der Waals surface area contributed by atoms with Gasteiger partial charge in [0.2, 0.25) is 0 Å². The van der Waals surface area contributed by atoms with Gasteiger partial charge in [0, 0.05) is 6.54 Å². The van der Waals surface area contributed by atoms with Crippen LogP contribution in [0, 0.1) is 22.7 Å². The van der Waals surface area contributed by atoms with Gasteiger partial charge in [-0.05, 0) is 38.3 Å². The Hall–Kier alpha value is -0.840. The lowest BCUT2D eigenvalue weighted by Crippen LogP contribution is -2.28. The quantitative estimate of drug-likeness (QED) is 0.633. The van der Waals surface area contributed by atoms with Gasteiger partial charge in [-0.25, -0.2) is 0 Å². The molecule has 1 aliphatic carbocycles. The molecule has 1 fully saturated rings. The van der Waals surface area contributed by atoms with Crippen LogP contribution in [-0.2, 0) is 0 Å². The molecule has 0 aromatic rings. The summed E-state index contributed by atoms with van der Waals surface area (Å²) < 4.78 is 0. The average molecular weight is 206 g/mol. The van der Waals surface area contributed by atoms with Crippen LogP contribution in [0.2, 0.25) is 0 Å². The van der Waals surface area contributed by atoms with E-state index in [9.17, 15) is 5.26 Å². The molecular formula is C13H22N2. The number of hydrogen-bond acceptors (Lipinski definition) is 2. The van der Waals surface area contributed by atoms with Crippen molar-refractivity contribution in [2.24, 2.45) is 16.3 Å². The Bertz CT molecular complexity index is 244. The van der Waals surface area contributed by atoms with Crippen LogP contribution in [0.15, 0.2) is 4.99 Å². The van der Waals surface area contributed by atoms with E-state index in [-0.39, 0.29) is 5.41 Å². The van der Waals surface area contributed by atoms with E-state index < -0.39 is 0 Å². The first-order valence-electron chi connectivity index (χ1n) is 6.14. The summed E-state index contributed by atoms with van der Waals surface area (Å²) >= 11 is 0. The highest BCUT2D eigenvalue weighted by molar-refractivity contribution is 5.53. The first kappa shape index (κ1) is 12.2. The molecule has 0 N–H and O–H groups in total. The van der Waals surface area contributed by atoms with Crippen molar-refractivity contribution in [2.45, 2.75) is 52.4 Å². The summed E-state index contributed by atoms with van der Waals surface area (Å²) in [6.45, 7) is 5.00. The molecule has 1 atom stereocenters. The summed E-state index contributed by atoms with van der Waals surface area (Å²) in [4.78, 5) is 4.35. The molecule has 2 heteroatoms. The molecule has 84 valence electrons. The molecule has 0 aromatic heterocycles. The van der Waals surface area contributed by atoms with Crippen molar-refractivity contribution in [2.75, 3.05) is 6.54 Å². The molecule has 0 bridgehead atoms. The van der Waals surface area contributed by atoms with Gasteiger partial charge < -0.3 is 0 Å². The Balaban J connectivity index is 2.71. The minimum Gasteiger partial charge on any atom is -0.297 e. The number of nitrogens with zero attached hydrogens (tertiary/aromatic N) is 2. The third-order valence-electron chi connectivity index (χ3n) is 3.65. The molecule has 0 saturated heterocycles. The van der Waals surface area contributed by atoms with E-state index in [0.29, 0.717) is 5.92 Å². The van der Waals surface area contributed by atoms with Crippen LogP contribution in [0.5, 0.6) is 0 Å². The molecule has 0 aliphatic heterocycles. The molecule has 1 saturated carbocycles. The fraction of sp³-hybridized carbons (Fsp3) is 0.846. The van der Waals surface area contributed by atoms with Crippen molar-refractivity contribution < 1.29 is 0 Å². The van der Waals surface area contributed by atoms with Crippen molar-refractivity contribution in [3.63, 3.8) is 0 Å². The Kier molecular flexibility index (Phi) is 4.81. The second-order valence-corrected chi connectivity index (χ2v) is 4.58. The molecule has 1 unspecified atom stereocenters. The molecule has 1 rings (SSSR count). The Morgan fingerprint density at radius 3 is 2.60 bits per heavy atom. The predicted molar refractivity (Wildman–Crippen MR) is 63.9 cm³/mol. The third-order valence-corrected chi connectivity index (χ3v) is 3.65. The first-order chi connectivity index (χ1) is 7.29. The second kappa shape index (κ2) is 5.90. The monoisotopic (exact) mass is 206 g/mol. The number of rotatable bonds is 5. The second-order valence-electron chi connectivity index (χ2n) is 4.58. The van der Waals surface area contributed by atoms with Crippen molar-refractivity contribution in [1.82, 2.24) is 0 Å². The van der Waals surface area contributed by atoms with Crippen molar-refractivity contribution in [3.05, 3.63) is 0 Å². The van der Waals surface area contributed by atoms with E-state index >= 15 is 0 Å². The smallest absolute Gasteiger partial charge is 0.0693 e. The Morgan fingerprint density at radius 2 is 2.13 bits per heavy atom. The van der Waals surface area contributed by atoms with Crippen LogP contribution in [0.3, 0.4) is 0 Å². The van der Waals surface area contributed by atoms with E-state index in [2.05, 4.69) is 18.0 Å². The van der Waals surface area contributed by atoms with Gasteiger partial charge in [0.1, 0.15) is 0 Å². The van der Waals surface area contributed by atoms with Gasteiger partial charge in [0.05, 0.1) is 11.5 Å². The number of nitriles is 1. The largest absolute Gasteiger partial charge is 0.297 e. The highest BCUT2D eigenvalue weighted by Crippen LogP contribution is 2.45. The van der Waals surface area contributed by atoms with Crippen molar-refractivity contribution >= 4 is 6.21 Å². The van der Waals surface area contributed by atoms with Gasteiger partial charge in [-0.15, -0.1) is 0 Å².